The molecule has 2 heterocycles. The van der Waals surface area contributed by atoms with Gasteiger partial charge < -0.3 is 19.7 Å². The number of halogens is 2. The number of aryl methyl sites for hydroxylation is 1. The van der Waals surface area contributed by atoms with Crippen LogP contribution in [0.3, 0.4) is 0 Å². The molecule has 0 bridgehead atoms. The van der Waals surface area contributed by atoms with Crippen LogP contribution >= 0.6 is 27.5 Å². The van der Waals surface area contributed by atoms with Crippen LogP contribution < -0.4 is 15.4 Å². The number of urea groups is 1. The van der Waals surface area contributed by atoms with E-state index in [1.165, 1.54) is 12.1 Å². The highest BCUT2D eigenvalue weighted by molar-refractivity contribution is 9.10. The highest BCUT2D eigenvalue weighted by Crippen LogP contribution is 2.31. The van der Waals surface area contributed by atoms with Gasteiger partial charge in [-0.1, -0.05) is 22.0 Å². The Morgan fingerprint density at radius 1 is 1.37 bits per heavy atom. The molecule has 158 valence electrons. The van der Waals surface area contributed by atoms with Crippen LogP contribution in [0.2, 0.25) is 0 Å². The first-order chi connectivity index (χ1) is 14.4. The van der Waals surface area contributed by atoms with Crippen LogP contribution in [0.1, 0.15) is 22.3 Å². The lowest BCUT2D eigenvalue weighted by atomic mass is 10.2. The van der Waals surface area contributed by atoms with Crippen molar-refractivity contribution in [2.75, 3.05) is 11.9 Å². The van der Waals surface area contributed by atoms with E-state index in [-0.39, 0.29) is 28.6 Å². The number of anilines is 1. The zero-order valence-corrected chi connectivity index (χ0v) is 17.9. The summed E-state index contributed by atoms with van der Waals surface area (Å²) >= 11 is 3.93. The number of carboxylic acids is 1. The Balaban J connectivity index is 1.56. The second kappa shape index (κ2) is 10.2. The number of carbonyl (C=O) groups excluding carboxylic acids is 1. The van der Waals surface area contributed by atoms with Crippen LogP contribution in [0.15, 0.2) is 41.4 Å². The molecule has 2 aromatic heterocycles. The highest BCUT2D eigenvalue weighted by Gasteiger charge is 2.23. The van der Waals surface area contributed by atoms with Crippen molar-refractivity contribution in [3.05, 3.63) is 58.3 Å². The number of nitrogens with one attached hydrogen (secondary N) is 2. The summed E-state index contributed by atoms with van der Waals surface area (Å²) in [6, 6.07) is 3.88. The van der Waals surface area contributed by atoms with Gasteiger partial charge in [-0.15, -0.1) is 0 Å². The number of rotatable bonds is 9. The van der Waals surface area contributed by atoms with Crippen molar-refractivity contribution in [3.8, 4) is 5.88 Å². The first kappa shape index (κ1) is 21.7. The molecule has 0 radical (unpaired) electrons. The number of nitrogens with zero attached hydrogens (tertiary/aromatic N) is 3. The molecule has 0 spiro atoms. The van der Waals surface area contributed by atoms with Crippen LogP contribution in [0.5, 0.6) is 5.88 Å². The van der Waals surface area contributed by atoms with E-state index in [1.54, 1.807) is 18.6 Å². The Bertz CT molecular complexity index is 1030. The van der Waals surface area contributed by atoms with E-state index >= 15 is 0 Å². The lowest BCUT2D eigenvalue weighted by Crippen LogP contribution is -2.30. The molecule has 2 amide bonds. The normalized spacial score (nSPS) is 10.6. The van der Waals surface area contributed by atoms with E-state index in [9.17, 15) is 19.1 Å². The van der Waals surface area contributed by atoms with Crippen molar-refractivity contribution in [2.45, 2.75) is 19.6 Å². The van der Waals surface area contributed by atoms with Gasteiger partial charge in [0.05, 0.1) is 6.33 Å². The van der Waals surface area contributed by atoms with Crippen molar-refractivity contribution in [3.63, 3.8) is 0 Å². The third kappa shape index (κ3) is 5.76. The van der Waals surface area contributed by atoms with Gasteiger partial charge in [0.15, 0.2) is 5.56 Å². The van der Waals surface area contributed by atoms with Crippen molar-refractivity contribution in [1.29, 1.82) is 0 Å². The minimum absolute atomic E-state index is 0.0286. The molecule has 0 aliphatic carbocycles. The Morgan fingerprint density at radius 3 is 2.90 bits per heavy atom. The standard InChI is InChI=1S/C18H17BrFN5O4S/c19-12-3-2-11(13(20)8-12)9-29-15-14(17(26)27)16(30-24-15)23-18(28)22-4-1-6-25-7-5-21-10-25/h2-3,5,7-8,10H,1,4,6,9H2,(H,26,27)(H2,22,23,28). The summed E-state index contributed by atoms with van der Waals surface area (Å²) in [5.41, 5.74) is -0.0428. The zero-order chi connectivity index (χ0) is 21.5. The second-order valence-corrected chi connectivity index (χ2v) is 7.75. The van der Waals surface area contributed by atoms with Crippen LogP contribution in [0.25, 0.3) is 0 Å². The van der Waals surface area contributed by atoms with Crippen molar-refractivity contribution in [1.82, 2.24) is 19.2 Å². The molecular formula is C18H17BrFN5O4S. The summed E-state index contributed by atoms with van der Waals surface area (Å²) in [7, 11) is 0. The predicted octanol–water partition coefficient (Wildman–Crippen LogP) is 3.73. The first-order valence-corrected chi connectivity index (χ1v) is 10.3. The van der Waals surface area contributed by atoms with Gasteiger partial charge in [-0.25, -0.2) is 19.0 Å². The van der Waals surface area contributed by atoms with Crippen molar-refractivity contribution < 1.29 is 23.8 Å². The Kier molecular flexibility index (Phi) is 7.36. The number of amides is 2. The van der Waals surface area contributed by atoms with Crippen molar-refractivity contribution in [2.24, 2.45) is 0 Å². The van der Waals surface area contributed by atoms with Gasteiger partial charge in [-0.3, -0.25) is 5.32 Å². The molecule has 12 heteroatoms. The first-order valence-electron chi connectivity index (χ1n) is 8.74. The fraction of sp³-hybridized carbons (Fsp3) is 0.222. The van der Waals surface area contributed by atoms with Crippen LogP contribution in [-0.4, -0.2) is 37.6 Å². The third-order valence-corrected chi connectivity index (χ3v) is 5.16. The summed E-state index contributed by atoms with van der Waals surface area (Å²) in [6.07, 6.45) is 5.84. The number of imidazole rings is 1. The average Bonchev–Trinajstić information content (AvgIpc) is 3.34. The van der Waals surface area contributed by atoms with Gasteiger partial charge in [0.1, 0.15) is 17.4 Å². The molecule has 3 aromatic rings. The molecule has 0 aliphatic rings. The highest BCUT2D eigenvalue weighted by atomic mass is 79.9. The molecule has 30 heavy (non-hydrogen) atoms. The SMILES string of the molecule is O=C(NCCCn1ccnc1)Nc1snc(OCc2ccc(Br)cc2F)c1C(=O)O. The number of hydrogen-bond acceptors (Lipinski definition) is 6. The molecule has 0 atom stereocenters. The molecule has 1 aromatic carbocycles. The molecule has 9 nitrogen and oxygen atoms in total. The average molecular weight is 498 g/mol. The fourth-order valence-electron chi connectivity index (χ4n) is 2.46. The summed E-state index contributed by atoms with van der Waals surface area (Å²) < 4.78 is 25.7. The topological polar surface area (TPSA) is 118 Å². The minimum Gasteiger partial charge on any atom is -0.477 e. The maximum Gasteiger partial charge on any atom is 0.344 e. The quantitative estimate of drug-likeness (QED) is 0.387. The van der Waals surface area contributed by atoms with Gasteiger partial charge >= 0.3 is 12.0 Å². The Labute approximate surface area is 183 Å². The second-order valence-electron chi connectivity index (χ2n) is 6.06. The molecule has 3 rings (SSSR count). The number of carboxylic acid groups (broad SMARTS) is 1. The molecule has 0 unspecified atom stereocenters. The maximum absolute atomic E-state index is 13.9. The molecule has 0 fully saturated rings. The molecule has 0 aliphatic heterocycles. The van der Waals surface area contributed by atoms with Crippen molar-refractivity contribution >= 4 is 44.5 Å². The van der Waals surface area contributed by atoms with Crippen LogP contribution in [-0.2, 0) is 13.2 Å². The lowest BCUT2D eigenvalue weighted by Gasteiger charge is -2.08. The summed E-state index contributed by atoms with van der Waals surface area (Å²) in [6.45, 7) is 0.867. The third-order valence-electron chi connectivity index (χ3n) is 3.92. The fourth-order valence-corrected chi connectivity index (χ4v) is 3.52. The molecule has 3 N–H and O–H groups in total. The Hall–Kier alpha value is -2.99. The number of aromatic nitrogens is 3. The van der Waals surface area contributed by atoms with E-state index in [1.807, 2.05) is 10.8 Å². The summed E-state index contributed by atoms with van der Waals surface area (Å²) in [4.78, 5) is 27.6. The van der Waals surface area contributed by atoms with E-state index in [0.717, 1.165) is 11.5 Å². The monoisotopic (exact) mass is 497 g/mol. The number of benzene rings is 1. The summed E-state index contributed by atoms with van der Waals surface area (Å²) in [5, 5.41) is 14.6. The number of ether oxygens (including phenoxy) is 1. The molecular weight excluding hydrogens is 481 g/mol. The van der Waals surface area contributed by atoms with Gasteiger partial charge in [-0.2, -0.15) is 4.37 Å². The zero-order valence-electron chi connectivity index (χ0n) is 15.5. The minimum atomic E-state index is -1.31. The number of carbonyl (C=O) groups is 2. The van der Waals surface area contributed by atoms with Gasteiger partial charge in [0.2, 0.25) is 5.88 Å². The molecule has 0 saturated heterocycles. The van der Waals surface area contributed by atoms with E-state index in [0.29, 0.717) is 24.0 Å². The van der Waals surface area contributed by atoms with Gasteiger partial charge in [-0.05, 0) is 30.1 Å². The smallest absolute Gasteiger partial charge is 0.344 e. The van der Waals surface area contributed by atoms with Gasteiger partial charge in [0, 0.05) is 35.5 Å². The van der Waals surface area contributed by atoms with Crippen LogP contribution in [0.4, 0.5) is 14.2 Å². The molecule has 0 saturated carbocycles. The number of hydrogen-bond donors (Lipinski definition) is 3. The lowest BCUT2D eigenvalue weighted by molar-refractivity contribution is 0.0693. The van der Waals surface area contributed by atoms with Gasteiger partial charge in [0.25, 0.3) is 0 Å². The predicted molar refractivity (Wildman–Crippen MR) is 111 cm³/mol. The number of aromatic carboxylic acids is 1. The van der Waals surface area contributed by atoms with E-state index < -0.39 is 17.8 Å². The summed E-state index contributed by atoms with van der Waals surface area (Å²) in [5.74, 6) is -2.00. The largest absolute Gasteiger partial charge is 0.477 e. The maximum atomic E-state index is 13.9. The van der Waals surface area contributed by atoms with Crippen LogP contribution in [0, 0.1) is 5.82 Å². The van der Waals surface area contributed by atoms with E-state index in [2.05, 4.69) is 35.9 Å². The van der Waals surface area contributed by atoms with E-state index in [4.69, 9.17) is 4.74 Å². The Morgan fingerprint density at radius 2 is 2.20 bits per heavy atom.